The molecule has 0 spiro atoms. The van der Waals surface area contributed by atoms with Gasteiger partial charge in [-0.15, -0.1) is 0 Å². The van der Waals surface area contributed by atoms with E-state index in [0.29, 0.717) is 6.42 Å². The summed E-state index contributed by atoms with van der Waals surface area (Å²) in [7, 11) is 0. The van der Waals surface area contributed by atoms with Crippen LogP contribution in [0.5, 0.6) is 0 Å². The molecule has 0 aliphatic carbocycles. The van der Waals surface area contributed by atoms with E-state index in [1.54, 1.807) is 0 Å². The lowest BCUT2D eigenvalue weighted by Crippen LogP contribution is -2.29. The molecule has 0 saturated carbocycles. The molecule has 0 saturated heterocycles. The van der Waals surface area contributed by atoms with E-state index in [0.717, 1.165) is 28.8 Å². The third kappa shape index (κ3) is 3.01. The van der Waals surface area contributed by atoms with Gasteiger partial charge in [-0.3, -0.25) is 9.79 Å². The van der Waals surface area contributed by atoms with E-state index in [1.165, 1.54) is 5.56 Å². The second-order valence-corrected chi connectivity index (χ2v) is 6.67. The zero-order valence-corrected chi connectivity index (χ0v) is 13.4. The topological polar surface area (TPSA) is 29.4 Å². The summed E-state index contributed by atoms with van der Waals surface area (Å²) in [6, 6.07) is 16.1. The van der Waals surface area contributed by atoms with Crippen LogP contribution in [0.25, 0.3) is 0 Å². The van der Waals surface area contributed by atoms with Crippen molar-refractivity contribution in [2.24, 2.45) is 4.99 Å². The Morgan fingerprint density at radius 2 is 1.91 bits per heavy atom. The highest BCUT2D eigenvalue weighted by Crippen LogP contribution is 2.28. The molecule has 3 rings (SSSR count). The summed E-state index contributed by atoms with van der Waals surface area (Å²) in [5, 5.41) is 0. The number of rotatable bonds is 3. The number of Topliss-reactive ketones (excluding diaryl/α,β-unsaturated/α-hetero) is 1. The van der Waals surface area contributed by atoms with Gasteiger partial charge in [0.25, 0.3) is 0 Å². The number of aliphatic imine (C=N–C) groups is 1. The Kier molecular flexibility index (Phi) is 3.69. The molecule has 2 nitrogen and oxygen atoms in total. The molecule has 1 heterocycles. The number of benzene rings is 2. The average Bonchev–Trinajstić information content (AvgIpc) is 2.46. The second-order valence-electron chi connectivity index (χ2n) is 6.67. The van der Waals surface area contributed by atoms with E-state index in [2.05, 4.69) is 32.0 Å². The van der Waals surface area contributed by atoms with Crippen LogP contribution in [0.1, 0.15) is 47.3 Å². The lowest BCUT2D eigenvalue weighted by Gasteiger charge is -2.29. The van der Waals surface area contributed by atoms with Crippen LogP contribution in [0.2, 0.25) is 0 Å². The number of nitrogens with zero attached hydrogens (tertiary/aromatic N) is 1. The molecule has 0 bridgehead atoms. The number of hydrogen-bond acceptors (Lipinski definition) is 2. The van der Waals surface area contributed by atoms with Crippen LogP contribution in [0.15, 0.2) is 53.5 Å². The van der Waals surface area contributed by atoms with Crippen molar-refractivity contribution in [3.05, 3.63) is 70.8 Å². The van der Waals surface area contributed by atoms with Crippen molar-refractivity contribution in [3.8, 4) is 0 Å². The molecule has 0 unspecified atom stereocenters. The van der Waals surface area contributed by atoms with E-state index < -0.39 is 0 Å². The maximum atomic E-state index is 12.6. The van der Waals surface area contributed by atoms with Gasteiger partial charge in [-0.25, -0.2) is 0 Å². The van der Waals surface area contributed by atoms with Crippen LogP contribution in [-0.4, -0.2) is 17.0 Å². The summed E-state index contributed by atoms with van der Waals surface area (Å²) in [5.74, 6) is 0.134. The molecule has 2 heteroatoms. The second kappa shape index (κ2) is 5.53. The molecule has 112 valence electrons. The monoisotopic (exact) mass is 291 g/mol. The van der Waals surface area contributed by atoms with E-state index in [-0.39, 0.29) is 11.3 Å². The number of carbonyl (C=O) groups excluding carboxylic acids is 1. The van der Waals surface area contributed by atoms with Gasteiger partial charge in [0.15, 0.2) is 5.78 Å². The van der Waals surface area contributed by atoms with Gasteiger partial charge in [-0.1, -0.05) is 48.0 Å². The molecule has 2 aromatic rings. The molecule has 0 fully saturated rings. The fourth-order valence-electron chi connectivity index (χ4n) is 3.09. The highest BCUT2D eigenvalue weighted by Gasteiger charge is 2.27. The van der Waals surface area contributed by atoms with Crippen LogP contribution >= 0.6 is 0 Å². The third-order valence-corrected chi connectivity index (χ3v) is 4.06. The molecule has 22 heavy (non-hydrogen) atoms. The first-order valence-electron chi connectivity index (χ1n) is 7.71. The smallest absolute Gasteiger partial charge is 0.168 e. The number of hydrogen-bond donors (Lipinski definition) is 0. The minimum Gasteiger partial charge on any atom is -0.294 e. The first kappa shape index (κ1) is 14.7. The lowest BCUT2D eigenvalue weighted by molar-refractivity contribution is 0.100. The first-order valence-corrected chi connectivity index (χ1v) is 7.71. The van der Waals surface area contributed by atoms with Gasteiger partial charge in [-0.2, -0.15) is 0 Å². The quantitative estimate of drug-likeness (QED) is 0.771. The Morgan fingerprint density at radius 1 is 1.14 bits per heavy atom. The number of carbonyl (C=O) groups is 1. The predicted molar refractivity (Wildman–Crippen MR) is 90.9 cm³/mol. The van der Waals surface area contributed by atoms with Crippen LogP contribution in [0, 0.1) is 6.92 Å². The van der Waals surface area contributed by atoms with Crippen molar-refractivity contribution in [2.45, 2.75) is 39.2 Å². The van der Waals surface area contributed by atoms with Gasteiger partial charge in [0.05, 0.1) is 17.7 Å². The van der Waals surface area contributed by atoms with Crippen LogP contribution in [0.3, 0.4) is 0 Å². The Labute approximate surface area is 131 Å². The third-order valence-electron chi connectivity index (χ3n) is 4.06. The maximum Gasteiger partial charge on any atom is 0.168 e. The molecule has 0 aromatic heterocycles. The van der Waals surface area contributed by atoms with E-state index in [1.807, 2.05) is 37.3 Å². The van der Waals surface area contributed by atoms with Crippen LogP contribution in [-0.2, 0) is 6.42 Å². The molecule has 0 N–H and O–H groups in total. The maximum absolute atomic E-state index is 12.6. The molecule has 1 aliphatic heterocycles. The summed E-state index contributed by atoms with van der Waals surface area (Å²) in [4.78, 5) is 17.4. The zero-order valence-electron chi connectivity index (χ0n) is 13.4. The molecule has 0 radical (unpaired) electrons. The average molecular weight is 291 g/mol. The molecule has 2 aromatic carbocycles. The Morgan fingerprint density at radius 3 is 2.68 bits per heavy atom. The molecular weight excluding hydrogens is 270 g/mol. The minimum absolute atomic E-state index is 0.134. The minimum atomic E-state index is -0.142. The summed E-state index contributed by atoms with van der Waals surface area (Å²) >= 11 is 0. The highest BCUT2D eigenvalue weighted by molar-refractivity contribution is 6.16. The molecule has 1 aliphatic rings. The van der Waals surface area contributed by atoms with Gasteiger partial charge in [0, 0.05) is 5.56 Å². The van der Waals surface area contributed by atoms with Crippen molar-refractivity contribution < 1.29 is 4.79 Å². The summed E-state index contributed by atoms with van der Waals surface area (Å²) in [6.07, 6.45) is 1.29. The van der Waals surface area contributed by atoms with Crippen molar-refractivity contribution in [3.63, 3.8) is 0 Å². The fourth-order valence-corrected chi connectivity index (χ4v) is 3.09. The summed E-state index contributed by atoms with van der Waals surface area (Å²) in [6.45, 7) is 6.26. The standard InChI is InChI=1S/C20H21NO/c1-14-7-6-9-15(11-14)19(22)12-18-17-10-5-4-8-16(17)13-20(2,3)21-18/h4-11H,12-13H2,1-3H3. The Hall–Kier alpha value is -2.22. The lowest BCUT2D eigenvalue weighted by atomic mass is 9.85. The van der Waals surface area contributed by atoms with Crippen molar-refractivity contribution >= 4 is 11.5 Å². The van der Waals surface area contributed by atoms with Gasteiger partial charge in [-0.05, 0) is 44.4 Å². The largest absolute Gasteiger partial charge is 0.294 e. The number of fused-ring (bicyclic) bond motifs is 1. The SMILES string of the molecule is Cc1cccc(C(=O)CC2=NC(C)(C)Cc3ccccc32)c1. The van der Waals surface area contributed by atoms with Crippen molar-refractivity contribution in [1.29, 1.82) is 0 Å². The van der Waals surface area contributed by atoms with E-state index in [4.69, 9.17) is 4.99 Å². The Bertz CT molecular complexity index is 756. The van der Waals surface area contributed by atoms with E-state index >= 15 is 0 Å². The number of aryl methyl sites for hydroxylation is 1. The van der Waals surface area contributed by atoms with Gasteiger partial charge in [0.2, 0.25) is 0 Å². The zero-order chi connectivity index (χ0) is 15.7. The molecule has 0 amide bonds. The molecular formula is C20H21NO. The van der Waals surface area contributed by atoms with E-state index in [9.17, 15) is 4.79 Å². The highest BCUT2D eigenvalue weighted by atomic mass is 16.1. The van der Waals surface area contributed by atoms with Crippen molar-refractivity contribution in [2.75, 3.05) is 0 Å². The Balaban J connectivity index is 1.93. The fraction of sp³-hybridized carbons (Fsp3) is 0.300. The van der Waals surface area contributed by atoms with Crippen LogP contribution < -0.4 is 0 Å². The van der Waals surface area contributed by atoms with Crippen LogP contribution in [0.4, 0.5) is 0 Å². The summed E-state index contributed by atoms with van der Waals surface area (Å²) in [5.41, 5.74) is 5.06. The van der Waals surface area contributed by atoms with Gasteiger partial charge in [0.1, 0.15) is 0 Å². The van der Waals surface area contributed by atoms with Gasteiger partial charge < -0.3 is 0 Å². The van der Waals surface area contributed by atoms with Crippen molar-refractivity contribution in [1.82, 2.24) is 0 Å². The normalized spacial score (nSPS) is 15.9. The molecule has 0 atom stereocenters. The van der Waals surface area contributed by atoms with Gasteiger partial charge >= 0.3 is 0 Å². The number of ketones is 1. The summed E-state index contributed by atoms with van der Waals surface area (Å²) < 4.78 is 0. The first-order chi connectivity index (χ1) is 10.4. The predicted octanol–water partition coefficient (Wildman–Crippen LogP) is 4.39.